The van der Waals surface area contributed by atoms with E-state index in [1.807, 2.05) is 18.3 Å². The quantitative estimate of drug-likeness (QED) is 0.579. The number of anilines is 1. The maximum atomic E-state index is 5.03. The molecule has 5 heterocycles. The minimum absolute atomic E-state index is 0.400. The van der Waals surface area contributed by atoms with E-state index in [-0.39, 0.29) is 0 Å². The molecule has 1 aliphatic heterocycles. The highest BCUT2D eigenvalue weighted by atomic mass is 32.1. The Morgan fingerprint density at radius 2 is 2.00 bits per heavy atom. The molecule has 142 valence electrons. The van der Waals surface area contributed by atoms with E-state index < -0.39 is 0 Å². The first-order valence-electron chi connectivity index (χ1n) is 9.41. The Morgan fingerprint density at radius 1 is 1.14 bits per heavy atom. The lowest BCUT2D eigenvalue weighted by atomic mass is 10.2. The average Bonchev–Trinajstić information content (AvgIpc) is 3.32. The number of fused-ring (bicyclic) bond motifs is 1. The van der Waals surface area contributed by atoms with Crippen LogP contribution in [0.5, 0.6) is 0 Å². The van der Waals surface area contributed by atoms with Crippen LogP contribution in [0.25, 0.3) is 27.7 Å². The van der Waals surface area contributed by atoms with E-state index in [0.717, 1.165) is 58.0 Å². The number of thiazole rings is 1. The van der Waals surface area contributed by atoms with Crippen molar-refractivity contribution in [3.63, 3.8) is 0 Å². The van der Waals surface area contributed by atoms with Crippen molar-refractivity contribution < 1.29 is 0 Å². The van der Waals surface area contributed by atoms with Gasteiger partial charge in [-0.1, -0.05) is 0 Å². The van der Waals surface area contributed by atoms with Crippen LogP contribution in [0.3, 0.4) is 0 Å². The van der Waals surface area contributed by atoms with Crippen LogP contribution in [-0.2, 0) is 0 Å². The summed E-state index contributed by atoms with van der Waals surface area (Å²) >= 11 is 1.64. The molecule has 1 fully saturated rings. The highest BCUT2D eigenvalue weighted by molar-refractivity contribution is 7.14. The lowest BCUT2D eigenvalue weighted by Crippen LogP contribution is -2.50. The number of rotatable bonds is 3. The number of piperazine rings is 1. The number of aromatic nitrogens is 5. The van der Waals surface area contributed by atoms with Crippen LogP contribution in [0.15, 0.2) is 42.9 Å². The van der Waals surface area contributed by atoms with E-state index in [2.05, 4.69) is 50.7 Å². The Hall–Kier alpha value is -2.84. The van der Waals surface area contributed by atoms with Crippen LogP contribution in [0, 0.1) is 6.92 Å². The van der Waals surface area contributed by atoms with Crippen LogP contribution in [-0.4, -0.2) is 50.2 Å². The molecule has 7 nitrogen and oxygen atoms in total. The van der Waals surface area contributed by atoms with Crippen LogP contribution in [0.2, 0.25) is 0 Å². The summed E-state index contributed by atoms with van der Waals surface area (Å²) < 4.78 is 2.09. The third-order valence-electron chi connectivity index (χ3n) is 5.02. The number of hydrogen-bond donors (Lipinski definition) is 1. The summed E-state index contributed by atoms with van der Waals surface area (Å²) in [4.78, 5) is 22.1. The Kier molecular flexibility index (Phi) is 4.29. The zero-order chi connectivity index (χ0) is 19.1. The molecule has 5 rings (SSSR count). The molecule has 4 aromatic rings. The van der Waals surface area contributed by atoms with Crippen molar-refractivity contribution in [2.75, 3.05) is 24.5 Å². The molecule has 1 unspecified atom stereocenters. The minimum atomic E-state index is 0.400. The molecule has 0 aromatic carbocycles. The molecule has 1 saturated heterocycles. The first-order chi connectivity index (χ1) is 13.7. The molecule has 1 atom stereocenters. The Labute approximate surface area is 167 Å². The van der Waals surface area contributed by atoms with Gasteiger partial charge in [0.1, 0.15) is 11.3 Å². The lowest BCUT2D eigenvalue weighted by molar-refractivity contribution is 0.497. The van der Waals surface area contributed by atoms with Gasteiger partial charge in [-0.25, -0.2) is 15.0 Å². The summed E-state index contributed by atoms with van der Waals surface area (Å²) in [6.07, 6.45) is 5.47. The molecular formula is C20H21N7S. The smallest absolute Gasteiger partial charge is 0.176 e. The molecule has 0 spiro atoms. The van der Waals surface area contributed by atoms with Gasteiger partial charge in [0.2, 0.25) is 0 Å². The van der Waals surface area contributed by atoms with Gasteiger partial charge in [-0.05, 0) is 38.1 Å². The number of aryl methyl sites for hydroxylation is 1. The zero-order valence-corrected chi connectivity index (χ0v) is 16.6. The summed E-state index contributed by atoms with van der Waals surface area (Å²) in [5.74, 6) is 1.80. The summed E-state index contributed by atoms with van der Waals surface area (Å²) in [5, 5.41) is 4.33. The summed E-state index contributed by atoms with van der Waals surface area (Å²) in [5.41, 5.74) is 2.70. The van der Waals surface area contributed by atoms with Crippen LogP contribution >= 0.6 is 11.3 Å². The van der Waals surface area contributed by atoms with E-state index in [1.165, 1.54) is 0 Å². The van der Waals surface area contributed by atoms with Gasteiger partial charge in [-0.15, -0.1) is 11.3 Å². The monoisotopic (exact) mass is 391 g/mol. The summed E-state index contributed by atoms with van der Waals surface area (Å²) in [7, 11) is 0. The minimum Gasteiger partial charge on any atom is -0.351 e. The fourth-order valence-corrected chi connectivity index (χ4v) is 4.37. The standard InChI is InChI=1S/C20H21N7S/c1-13-11-22-9-10-26(13)17-4-3-16-18(25-17)27(15-5-7-21-8-6-15)19(24-16)20-23-12-14(2)28-20/h3-8,12-13,22H,9-11H2,1-2H3. The maximum Gasteiger partial charge on any atom is 0.176 e. The Bertz CT molecular complexity index is 1120. The highest BCUT2D eigenvalue weighted by Gasteiger charge is 2.22. The fraction of sp³-hybridized carbons (Fsp3) is 0.300. The molecule has 4 aromatic heterocycles. The number of nitrogens with one attached hydrogen (secondary N) is 1. The van der Waals surface area contributed by atoms with Crippen molar-refractivity contribution in [2.45, 2.75) is 19.9 Å². The largest absolute Gasteiger partial charge is 0.351 e. The molecule has 8 heteroatoms. The topological polar surface area (TPSA) is 71.8 Å². The van der Waals surface area contributed by atoms with Crippen molar-refractivity contribution in [2.24, 2.45) is 0 Å². The van der Waals surface area contributed by atoms with Crippen molar-refractivity contribution in [1.82, 2.24) is 29.8 Å². The molecule has 0 bridgehead atoms. The Balaban J connectivity index is 1.72. The van der Waals surface area contributed by atoms with Crippen LogP contribution in [0.1, 0.15) is 11.8 Å². The van der Waals surface area contributed by atoms with Gasteiger partial charge >= 0.3 is 0 Å². The molecule has 0 aliphatic carbocycles. The number of hydrogen-bond acceptors (Lipinski definition) is 7. The maximum absolute atomic E-state index is 5.03. The fourth-order valence-electron chi connectivity index (χ4n) is 3.63. The predicted molar refractivity (Wildman–Crippen MR) is 112 cm³/mol. The predicted octanol–water partition coefficient (Wildman–Crippen LogP) is 3.05. The van der Waals surface area contributed by atoms with Gasteiger partial charge in [-0.2, -0.15) is 0 Å². The average molecular weight is 392 g/mol. The van der Waals surface area contributed by atoms with Gasteiger partial charge in [0.25, 0.3) is 0 Å². The van der Waals surface area contributed by atoms with E-state index in [0.29, 0.717) is 6.04 Å². The van der Waals surface area contributed by atoms with E-state index in [4.69, 9.17) is 9.97 Å². The third-order valence-corrected chi connectivity index (χ3v) is 5.93. The SMILES string of the molecule is Cc1cnc(-c2nc3ccc(N4CCNCC4C)nc3n2-c2ccncc2)s1. The summed E-state index contributed by atoms with van der Waals surface area (Å²) in [6, 6.07) is 8.50. The molecule has 0 amide bonds. The summed E-state index contributed by atoms with van der Waals surface area (Å²) in [6.45, 7) is 7.16. The normalized spacial score (nSPS) is 17.4. The van der Waals surface area contributed by atoms with Crippen molar-refractivity contribution >= 4 is 28.3 Å². The Morgan fingerprint density at radius 3 is 2.75 bits per heavy atom. The number of imidazole rings is 1. The molecule has 1 aliphatic rings. The van der Waals surface area contributed by atoms with Gasteiger partial charge in [0.15, 0.2) is 16.5 Å². The number of nitrogens with zero attached hydrogens (tertiary/aromatic N) is 6. The van der Waals surface area contributed by atoms with Crippen molar-refractivity contribution in [1.29, 1.82) is 0 Å². The van der Waals surface area contributed by atoms with Gasteiger partial charge in [0, 0.05) is 49.1 Å². The lowest BCUT2D eigenvalue weighted by Gasteiger charge is -2.34. The van der Waals surface area contributed by atoms with Crippen molar-refractivity contribution in [3.05, 3.63) is 47.7 Å². The molecule has 0 radical (unpaired) electrons. The van der Waals surface area contributed by atoms with E-state index in [1.54, 1.807) is 23.7 Å². The first-order valence-corrected chi connectivity index (χ1v) is 10.2. The number of pyridine rings is 2. The van der Waals surface area contributed by atoms with Crippen LogP contribution < -0.4 is 10.2 Å². The molecule has 28 heavy (non-hydrogen) atoms. The van der Waals surface area contributed by atoms with Crippen molar-refractivity contribution in [3.8, 4) is 16.5 Å². The second-order valence-electron chi connectivity index (χ2n) is 7.01. The second-order valence-corrected chi connectivity index (χ2v) is 8.25. The van der Waals surface area contributed by atoms with E-state index in [9.17, 15) is 0 Å². The molecule has 1 N–H and O–H groups in total. The van der Waals surface area contributed by atoms with Gasteiger partial charge < -0.3 is 10.2 Å². The van der Waals surface area contributed by atoms with Crippen LogP contribution in [0.4, 0.5) is 5.82 Å². The second kappa shape index (κ2) is 6.96. The van der Waals surface area contributed by atoms with Gasteiger partial charge in [0.05, 0.1) is 5.69 Å². The zero-order valence-electron chi connectivity index (χ0n) is 15.8. The first kappa shape index (κ1) is 17.3. The molecule has 0 saturated carbocycles. The highest BCUT2D eigenvalue weighted by Crippen LogP contribution is 2.31. The van der Waals surface area contributed by atoms with E-state index >= 15 is 0 Å². The third kappa shape index (κ3) is 2.94. The molecular weight excluding hydrogens is 370 g/mol. The van der Waals surface area contributed by atoms with Gasteiger partial charge in [-0.3, -0.25) is 9.55 Å².